The number of aliphatic imine (C=N–C) groups is 2. The molecule has 4 rings (SSSR count). The number of H-pyrrole nitrogens is 1. The van der Waals surface area contributed by atoms with E-state index in [1.54, 1.807) is 24.4 Å². The third-order valence-corrected chi connectivity index (χ3v) is 11.9. The predicted molar refractivity (Wildman–Crippen MR) is 281 cm³/mol. The molecule has 0 bridgehead atoms. The number of hydrogen-bond donors (Lipinski definition) is 15. The first-order valence-electron chi connectivity index (χ1n) is 24.4. The molecule has 75 heavy (non-hydrogen) atoms. The maximum absolute atomic E-state index is 14.7. The van der Waals surface area contributed by atoms with E-state index in [0.29, 0.717) is 52.7 Å². The van der Waals surface area contributed by atoms with Gasteiger partial charge < -0.3 is 86.2 Å². The number of nitrogens with two attached hydrogens (primary N) is 6. The number of aromatic nitrogens is 1. The Labute approximate surface area is 433 Å². The standard InChI is InChI=1S/C50H71N15O10/c1-28(66)61-40(9-6-22-58-50(55)56)46(72)64-42(24-30-12-16-32(68)17-13-30)48(74)65-41(23-29-10-14-31(67)15-11-29)47(73)63-39(8-5-21-57-49(53)54)45(71)60-27-36(44(70)62-38(43(52)69)7-3-4-20-51)35-26-59-37-19-18-33(75-2)25-34(35)37/h10-19,25-26,36,38-42,59,67-68H,3-9,20-24,27,51H2,1-2H3,(H2,52,69)(H,60,71)(H,61,66)(H,62,70)(H,63,73)(H,64,72)(H,65,74)(H4,53,54,57)(H4,55,56,58)/t36-,38-,39-,40-,41-,42-/m0/s1. The van der Waals surface area contributed by atoms with Crippen LogP contribution < -0.4 is 71.0 Å². The van der Waals surface area contributed by atoms with Crippen molar-refractivity contribution in [3.8, 4) is 17.2 Å². The zero-order valence-corrected chi connectivity index (χ0v) is 42.1. The highest BCUT2D eigenvalue weighted by atomic mass is 16.5. The van der Waals surface area contributed by atoms with Crippen molar-refractivity contribution in [3.63, 3.8) is 0 Å². The van der Waals surface area contributed by atoms with E-state index in [2.05, 4.69) is 46.9 Å². The lowest BCUT2D eigenvalue weighted by atomic mass is 9.96. The highest BCUT2D eigenvalue weighted by molar-refractivity contribution is 5.97. The fourth-order valence-corrected chi connectivity index (χ4v) is 8.02. The number of fused-ring (bicyclic) bond motifs is 1. The Bertz CT molecular complexity index is 2620. The maximum Gasteiger partial charge on any atom is 0.243 e. The minimum Gasteiger partial charge on any atom is -0.508 e. The molecule has 0 aliphatic carbocycles. The first-order valence-corrected chi connectivity index (χ1v) is 24.4. The zero-order valence-electron chi connectivity index (χ0n) is 42.1. The van der Waals surface area contributed by atoms with Crippen LogP contribution in [0.3, 0.4) is 0 Å². The van der Waals surface area contributed by atoms with E-state index in [0.717, 1.165) is 0 Å². The number of aromatic hydroxyl groups is 2. The minimum atomic E-state index is -1.44. The van der Waals surface area contributed by atoms with Gasteiger partial charge in [-0.1, -0.05) is 24.3 Å². The SMILES string of the molecule is COc1ccc2[nH]cc([C@H](CNC(=O)[C@H](CCCN=C(N)N)NC(=O)[C@H](Cc3ccc(O)cc3)NC(=O)[C@H](Cc3ccc(O)cc3)NC(=O)[C@H](CCCN=C(N)N)NC(C)=O)C(=O)N[C@@H](CCCCN)C(N)=O)c2c1. The topological polar surface area (TPSA) is 438 Å². The summed E-state index contributed by atoms with van der Waals surface area (Å²) in [6.07, 6.45) is 3.05. The van der Waals surface area contributed by atoms with Gasteiger partial charge in [0.15, 0.2) is 11.9 Å². The third kappa shape index (κ3) is 19.7. The largest absolute Gasteiger partial charge is 0.508 e. The second-order valence-corrected chi connectivity index (χ2v) is 17.8. The van der Waals surface area contributed by atoms with Crippen molar-refractivity contribution in [3.05, 3.63) is 89.6 Å². The summed E-state index contributed by atoms with van der Waals surface area (Å²) in [7, 11) is 1.49. The number of methoxy groups -OCH3 is 1. The third-order valence-electron chi connectivity index (χ3n) is 11.9. The maximum atomic E-state index is 14.7. The number of benzene rings is 3. The van der Waals surface area contributed by atoms with Gasteiger partial charge in [0.2, 0.25) is 41.4 Å². The van der Waals surface area contributed by atoms with Gasteiger partial charge in [0.1, 0.15) is 47.5 Å². The van der Waals surface area contributed by atoms with Crippen LogP contribution in [-0.4, -0.2) is 132 Å². The van der Waals surface area contributed by atoms with Gasteiger partial charge in [0, 0.05) is 56.5 Å². The average molecular weight is 1040 g/mol. The Balaban J connectivity index is 1.69. The Morgan fingerprint density at radius 3 is 1.56 bits per heavy atom. The predicted octanol–water partition coefficient (Wildman–Crippen LogP) is -1.56. The molecular formula is C50H71N15O10. The highest BCUT2D eigenvalue weighted by Gasteiger charge is 2.33. The van der Waals surface area contributed by atoms with Crippen molar-refractivity contribution < 1.29 is 48.5 Å². The van der Waals surface area contributed by atoms with Crippen LogP contribution >= 0.6 is 0 Å². The van der Waals surface area contributed by atoms with E-state index >= 15 is 0 Å². The lowest BCUT2D eigenvalue weighted by Crippen LogP contribution is -2.59. The van der Waals surface area contributed by atoms with Crippen LogP contribution in [0.5, 0.6) is 17.2 Å². The molecular weight excluding hydrogens is 971 g/mol. The molecule has 0 fully saturated rings. The Morgan fingerprint density at radius 1 is 0.600 bits per heavy atom. The molecule has 7 amide bonds. The van der Waals surface area contributed by atoms with Crippen LogP contribution in [0.1, 0.15) is 74.5 Å². The zero-order chi connectivity index (χ0) is 55.0. The van der Waals surface area contributed by atoms with E-state index in [4.69, 9.17) is 39.1 Å². The van der Waals surface area contributed by atoms with Crippen LogP contribution in [0.2, 0.25) is 0 Å². The molecule has 0 spiro atoms. The summed E-state index contributed by atoms with van der Waals surface area (Å²) in [5.74, 6) is -6.22. The molecule has 3 aromatic carbocycles. The second-order valence-electron chi connectivity index (χ2n) is 17.8. The molecule has 0 saturated heterocycles. The molecule has 21 N–H and O–H groups in total. The quantitative estimate of drug-likeness (QED) is 0.0154. The number of carbonyl (C=O) groups is 7. The molecule has 4 aromatic rings. The number of carbonyl (C=O) groups excluding carboxylic acids is 7. The van der Waals surface area contributed by atoms with Gasteiger partial charge in [-0.15, -0.1) is 0 Å². The molecule has 6 atom stereocenters. The van der Waals surface area contributed by atoms with E-state index in [-0.39, 0.29) is 88.0 Å². The van der Waals surface area contributed by atoms with E-state index < -0.39 is 77.5 Å². The number of unbranched alkanes of at least 4 members (excludes halogenated alkanes) is 1. The summed E-state index contributed by atoms with van der Waals surface area (Å²) in [6.45, 7) is 1.45. The Kier molecular flexibility index (Phi) is 23.4. The number of nitrogens with one attached hydrogen (secondary N) is 7. The number of amides is 7. The van der Waals surface area contributed by atoms with E-state index in [9.17, 15) is 43.8 Å². The summed E-state index contributed by atoms with van der Waals surface area (Å²) >= 11 is 0. The molecule has 0 aliphatic rings. The van der Waals surface area contributed by atoms with Crippen molar-refractivity contribution in [2.45, 2.75) is 101 Å². The summed E-state index contributed by atoms with van der Waals surface area (Å²) < 4.78 is 5.45. The van der Waals surface area contributed by atoms with Gasteiger partial charge in [-0.3, -0.25) is 43.5 Å². The van der Waals surface area contributed by atoms with Crippen LogP contribution in [0.15, 0.2) is 82.9 Å². The lowest BCUT2D eigenvalue weighted by molar-refractivity contribution is -0.134. The molecule has 406 valence electrons. The summed E-state index contributed by atoms with van der Waals surface area (Å²) in [4.78, 5) is 108. The molecule has 25 heteroatoms. The van der Waals surface area contributed by atoms with Gasteiger partial charge in [-0.2, -0.15) is 0 Å². The van der Waals surface area contributed by atoms with Crippen molar-refractivity contribution >= 4 is 64.2 Å². The van der Waals surface area contributed by atoms with Crippen molar-refractivity contribution in [1.29, 1.82) is 0 Å². The normalized spacial score (nSPS) is 13.3. The highest BCUT2D eigenvalue weighted by Crippen LogP contribution is 2.29. The van der Waals surface area contributed by atoms with Gasteiger partial charge in [0.25, 0.3) is 0 Å². The van der Waals surface area contributed by atoms with E-state index in [1.807, 2.05) is 0 Å². The van der Waals surface area contributed by atoms with Gasteiger partial charge in [0.05, 0.1) is 13.0 Å². The molecule has 0 radical (unpaired) electrons. The first kappa shape index (κ1) is 59.0. The summed E-state index contributed by atoms with van der Waals surface area (Å²) in [5.41, 5.74) is 35.5. The molecule has 0 unspecified atom stereocenters. The number of guanidine groups is 2. The molecule has 25 nitrogen and oxygen atoms in total. The lowest BCUT2D eigenvalue weighted by Gasteiger charge is -2.27. The first-order chi connectivity index (χ1) is 35.8. The van der Waals surface area contributed by atoms with Crippen molar-refractivity contribution in [1.82, 2.24) is 36.9 Å². The fraction of sp³-hybridized carbons (Fsp3) is 0.420. The smallest absolute Gasteiger partial charge is 0.243 e. The minimum absolute atomic E-state index is 0.0481. The Hall–Kier alpha value is -8.61. The van der Waals surface area contributed by atoms with E-state index in [1.165, 1.54) is 62.6 Å². The van der Waals surface area contributed by atoms with Crippen molar-refractivity contribution in [2.24, 2.45) is 44.4 Å². The van der Waals surface area contributed by atoms with Crippen molar-refractivity contribution in [2.75, 3.05) is 33.3 Å². The molecule has 1 heterocycles. The number of primary amides is 1. The number of aromatic amines is 1. The van der Waals surface area contributed by atoms with Gasteiger partial charge in [-0.25, -0.2) is 0 Å². The summed E-state index contributed by atoms with van der Waals surface area (Å²) in [5, 5.41) is 36.9. The number of hydrogen-bond acceptors (Lipinski definition) is 13. The summed E-state index contributed by atoms with van der Waals surface area (Å²) in [6, 6.07) is 10.6. The second kappa shape index (κ2) is 29.8. The average Bonchev–Trinajstić information content (AvgIpc) is 3.78. The van der Waals surface area contributed by atoms with Gasteiger partial charge >= 0.3 is 0 Å². The van der Waals surface area contributed by atoms with Crippen LogP contribution in [-0.2, 0) is 46.4 Å². The number of nitrogens with zero attached hydrogens (tertiary/aromatic N) is 2. The molecule has 0 saturated carbocycles. The van der Waals surface area contributed by atoms with Crippen LogP contribution in [0, 0.1) is 0 Å². The van der Waals surface area contributed by atoms with Gasteiger partial charge in [-0.05, 0) is 111 Å². The molecule has 0 aliphatic heterocycles. The number of rotatable bonds is 31. The number of phenolic OH excluding ortho intramolecular Hbond substituents is 2. The Morgan fingerprint density at radius 2 is 1.08 bits per heavy atom. The van der Waals surface area contributed by atoms with Crippen LogP contribution in [0.25, 0.3) is 10.9 Å². The monoisotopic (exact) mass is 1040 g/mol. The number of phenols is 2. The van der Waals surface area contributed by atoms with Crippen LogP contribution in [0.4, 0.5) is 0 Å². The molecule has 1 aromatic heterocycles. The number of ether oxygens (including phenoxy) is 1. The fourth-order valence-electron chi connectivity index (χ4n) is 8.02.